The minimum Gasteiger partial charge on any atom is -0.345 e. The van der Waals surface area contributed by atoms with Gasteiger partial charge in [0, 0.05) is 0 Å². The molecule has 0 saturated carbocycles. The summed E-state index contributed by atoms with van der Waals surface area (Å²) in [5, 5.41) is 2.68. The zero-order valence-electron chi connectivity index (χ0n) is 6.45. The number of nitrogens with one attached hydrogen (secondary N) is 1. The molecule has 13 heavy (non-hydrogen) atoms. The van der Waals surface area contributed by atoms with E-state index in [-0.39, 0.29) is 0 Å². The van der Waals surface area contributed by atoms with Crippen LogP contribution in [-0.2, 0) is 0 Å². The van der Waals surface area contributed by atoms with Crippen molar-refractivity contribution in [1.82, 2.24) is 9.97 Å². The number of thiophene rings is 1. The van der Waals surface area contributed by atoms with Crippen LogP contribution in [0.3, 0.4) is 0 Å². The first-order valence-corrected chi connectivity index (χ1v) is 5.22. The first-order chi connectivity index (χ1) is 6.27. The van der Waals surface area contributed by atoms with E-state index in [0.29, 0.717) is 4.64 Å². The summed E-state index contributed by atoms with van der Waals surface area (Å²) < 4.78 is 0.568. The van der Waals surface area contributed by atoms with Gasteiger partial charge in [0.05, 0.1) is 21.9 Å². The molecule has 0 bridgehead atoms. The quantitative estimate of drug-likeness (QED) is 0.757. The van der Waals surface area contributed by atoms with E-state index < -0.39 is 0 Å². The van der Waals surface area contributed by atoms with E-state index in [0.717, 1.165) is 15.6 Å². The van der Waals surface area contributed by atoms with E-state index in [1.807, 2.05) is 11.4 Å². The van der Waals surface area contributed by atoms with Crippen molar-refractivity contribution >= 4 is 35.2 Å². The largest absolute Gasteiger partial charge is 0.345 e. The van der Waals surface area contributed by atoms with Gasteiger partial charge in [-0.05, 0) is 17.5 Å². The number of hydrogen-bond donors (Lipinski definition) is 1. The summed E-state index contributed by atoms with van der Waals surface area (Å²) in [7, 11) is 0. The van der Waals surface area contributed by atoms with Crippen molar-refractivity contribution in [3.8, 4) is 10.6 Å². The van der Waals surface area contributed by atoms with Gasteiger partial charge in [-0.2, -0.15) is 0 Å². The van der Waals surface area contributed by atoms with Crippen LogP contribution >= 0.6 is 35.2 Å². The Balaban J connectivity index is 2.59. The van der Waals surface area contributed by atoms with Crippen LogP contribution < -0.4 is 0 Å². The highest BCUT2D eigenvalue weighted by atomic mass is 35.5. The molecule has 0 radical (unpaired) electrons. The zero-order chi connectivity index (χ0) is 9.26. The van der Waals surface area contributed by atoms with Crippen molar-refractivity contribution in [2.75, 3.05) is 0 Å². The van der Waals surface area contributed by atoms with Crippen LogP contribution in [0.1, 0.15) is 0 Å². The number of hydrogen-bond acceptors (Lipinski definition) is 3. The maximum atomic E-state index is 5.96. The normalized spacial score (nSPS) is 10.2. The highest BCUT2D eigenvalue weighted by Crippen LogP contribution is 2.31. The van der Waals surface area contributed by atoms with Crippen LogP contribution in [-0.4, -0.2) is 9.97 Å². The van der Waals surface area contributed by atoms with Crippen LogP contribution in [0.5, 0.6) is 0 Å². The van der Waals surface area contributed by atoms with E-state index >= 15 is 0 Å². The third-order valence-electron chi connectivity index (χ3n) is 1.54. The van der Waals surface area contributed by atoms with E-state index in [2.05, 4.69) is 9.97 Å². The molecule has 2 nitrogen and oxygen atoms in total. The monoisotopic (exact) mass is 228 g/mol. The highest BCUT2D eigenvalue weighted by molar-refractivity contribution is 7.71. The molecule has 0 aliphatic rings. The molecule has 2 aromatic heterocycles. The van der Waals surface area contributed by atoms with Crippen molar-refractivity contribution in [3.63, 3.8) is 0 Å². The molecular weight excluding hydrogens is 224 g/mol. The number of rotatable bonds is 1. The van der Waals surface area contributed by atoms with Crippen molar-refractivity contribution < 1.29 is 0 Å². The number of aromatic nitrogens is 2. The van der Waals surface area contributed by atoms with Gasteiger partial charge in [0.25, 0.3) is 0 Å². The van der Waals surface area contributed by atoms with Gasteiger partial charge in [-0.3, -0.25) is 0 Å². The third-order valence-corrected chi connectivity index (χ3v) is 3.14. The van der Waals surface area contributed by atoms with Crippen molar-refractivity contribution in [2.24, 2.45) is 0 Å². The number of nitrogens with zero attached hydrogens (tertiary/aromatic N) is 1. The summed E-state index contributed by atoms with van der Waals surface area (Å²) in [5.74, 6) is 0. The fourth-order valence-electron chi connectivity index (χ4n) is 0.985. The molecule has 0 amide bonds. The van der Waals surface area contributed by atoms with Gasteiger partial charge in [-0.25, -0.2) is 4.98 Å². The molecular formula is C8H5ClN2S2. The molecule has 5 heteroatoms. The summed E-state index contributed by atoms with van der Waals surface area (Å²) in [4.78, 5) is 7.90. The number of H-pyrrole nitrogens is 1. The standard InChI is InChI=1S/C8H5ClN2S2/c9-5-1-2-13-8(5)6-3-7(12)11-4-10-6/h1-4H,(H,10,11,12). The molecule has 2 rings (SSSR count). The second kappa shape index (κ2) is 3.57. The van der Waals surface area contributed by atoms with E-state index in [1.54, 1.807) is 23.7 Å². The summed E-state index contributed by atoms with van der Waals surface area (Å²) in [6, 6.07) is 3.66. The fraction of sp³-hybridized carbons (Fsp3) is 0. The van der Waals surface area contributed by atoms with Crippen LogP contribution in [0.2, 0.25) is 5.02 Å². The number of aromatic amines is 1. The Kier molecular flexibility index (Phi) is 2.44. The maximum absolute atomic E-state index is 5.96. The lowest BCUT2D eigenvalue weighted by Gasteiger charge is -1.96. The van der Waals surface area contributed by atoms with Crippen molar-refractivity contribution in [1.29, 1.82) is 0 Å². The summed E-state index contributed by atoms with van der Waals surface area (Å²) >= 11 is 12.5. The van der Waals surface area contributed by atoms with Crippen LogP contribution in [0.25, 0.3) is 10.6 Å². The second-order valence-electron chi connectivity index (χ2n) is 2.40. The van der Waals surface area contributed by atoms with Crippen molar-refractivity contribution in [2.45, 2.75) is 0 Å². The van der Waals surface area contributed by atoms with Crippen molar-refractivity contribution in [3.05, 3.63) is 33.5 Å². The van der Waals surface area contributed by atoms with Gasteiger partial charge in [0.1, 0.15) is 4.64 Å². The molecule has 2 heterocycles. The first kappa shape index (κ1) is 8.87. The topological polar surface area (TPSA) is 28.7 Å². The second-order valence-corrected chi connectivity index (χ2v) is 4.14. The highest BCUT2D eigenvalue weighted by Gasteiger charge is 2.04. The van der Waals surface area contributed by atoms with E-state index in [1.165, 1.54) is 0 Å². The Morgan fingerprint density at radius 3 is 3.00 bits per heavy atom. The Hall–Kier alpha value is -0.710. The van der Waals surface area contributed by atoms with Gasteiger partial charge >= 0.3 is 0 Å². The summed E-state index contributed by atoms with van der Waals surface area (Å²) in [5.41, 5.74) is 0.917. The Morgan fingerprint density at radius 2 is 2.38 bits per heavy atom. The van der Waals surface area contributed by atoms with E-state index in [4.69, 9.17) is 23.8 Å². The van der Waals surface area contributed by atoms with Gasteiger partial charge in [0.2, 0.25) is 0 Å². The molecule has 0 fully saturated rings. The summed E-state index contributed by atoms with van der Waals surface area (Å²) in [6.45, 7) is 0. The first-order valence-electron chi connectivity index (χ1n) is 3.55. The number of halogens is 1. The third kappa shape index (κ3) is 1.80. The molecule has 66 valence electrons. The van der Waals surface area contributed by atoms with E-state index in [9.17, 15) is 0 Å². The minimum absolute atomic E-state index is 0.568. The van der Waals surface area contributed by atoms with Gasteiger partial charge in [0.15, 0.2) is 0 Å². The zero-order valence-corrected chi connectivity index (χ0v) is 8.84. The molecule has 1 N–H and O–H groups in total. The van der Waals surface area contributed by atoms with Crippen LogP contribution in [0, 0.1) is 4.64 Å². The smallest absolute Gasteiger partial charge is 0.130 e. The lowest BCUT2D eigenvalue weighted by Crippen LogP contribution is -1.82. The van der Waals surface area contributed by atoms with Gasteiger partial charge in [-0.15, -0.1) is 11.3 Å². The minimum atomic E-state index is 0.568. The van der Waals surface area contributed by atoms with Gasteiger partial charge in [-0.1, -0.05) is 23.8 Å². The Labute approximate surface area is 89.2 Å². The molecule has 0 saturated heterocycles. The lowest BCUT2D eigenvalue weighted by molar-refractivity contribution is 1.16. The maximum Gasteiger partial charge on any atom is 0.130 e. The van der Waals surface area contributed by atoms with Crippen LogP contribution in [0.15, 0.2) is 23.8 Å². The molecule has 0 atom stereocenters. The Morgan fingerprint density at radius 1 is 1.54 bits per heavy atom. The molecule has 0 unspecified atom stereocenters. The molecule has 0 spiro atoms. The summed E-state index contributed by atoms with van der Waals surface area (Å²) in [6.07, 6.45) is 1.58. The predicted octanol–water partition coefficient (Wildman–Crippen LogP) is 3.52. The molecule has 0 aliphatic heterocycles. The average molecular weight is 229 g/mol. The van der Waals surface area contributed by atoms with Gasteiger partial charge < -0.3 is 4.98 Å². The molecule has 2 aromatic rings. The molecule has 0 aromatic carbocycles. The Bertz CT molecular complexity index is 475. The van der Waals surface area contributed by atoms with Crippen LogP contribution in [0.4, 0.5) is 0 Å². The fourth-order valence-corrected chi connectivity index (χ4v) is 2.29. The lowest BCUT2D eigenvalue weighted by atomic mass is 10.3. The average Bonchev–Trinajstić information content (AvgIpc) is 2.51. The molecule has 0 aliphatic carbocycles. The predicted molar refractivity (Wildman–Crippen MR) is 57.7 cm³/mol. The SMILES string of the molecule is S=c1cc(-c2sccc2Cl)[nH]cn1.